The lowest BCUT2D eigenvalue weighted by Gasteiger charge is -2.12. The summed E-state index contributed by atoms with van der Waals surface area (Å²) >= 11 is 4.98. The Morgan fingerprint density at radius 1 is 1.69 bits per heavy atom. The Labute approximate surface area is 98.1 Å². The SMILES string of the molecule is CN(C)C(=O)NCCn1c(CO)n[nH]c1=S. The number of hydrogen-bond donors (Lipinski definition) is 3. The van der Waals surface area contributed by atoms with E-state index < -0.39 is 0 Å². The van der Waals surface area contributed by atoms with Gasteiger partial charge in [-0.3, -0.25) is 5.10 Å². The van der Waals surface area contributed by atoms with Crippen LogP contribution in [-0.4, -0.2) is 51.4 Å². The second-order valence-corrected chi connectivity index (χ2v) is 3.77. The number of aromatic nitrogens is 3. The lowest BCUT2D eigenvalue weighted by atomic mass is 10.5. The molecule has 90 valence electrons. The van der Waals surface area contributed by atoms with Crippen LogP contribution in [0.3, 0.4) is 0 Å². The number of hydrogen-bond acceptors (Lipinski definition) is 4. The van der Waals surface area contributed by atoms with Crippen molar-refractivity contribution >= 4 is 18.2 Å². The Bertz CT molecular complexity index is 411. The lowest BCUT2D eigenvalue weighted by Crippen LogP contribution is -2.36. The van der Waals surface area contributed by atoms with Crippen LogP contribution in [-0.2, 0) is 13.2 Å². The first-order valence-corrected chi connectivity index (χ1v) is 5.17. The number of carbonyl (C=O) groups is 1. The molecule has 3 N–H and O–H groups in total. The molecule has 0 saturated carbocycles. The van der Waals surface area contributed by atoms with Crippen molar-refractivity contribution in [1.29, 1.82) is 0 Å². The molecule has 0 bridgehead atoms. The summed E-state index contributed by atoms with van der Waals surface area (Å²) in [6.07, 6.45) is 0. The van der Waals surface area contributed by atoms with Gasteiger partial charge in [-0.2, -0.15) is 5.10 Å². The summed E-state index contributed by atoms with van der Waals surface area (Å²) in [4.78, 5) is 12.7. The summed E-state index contributed by atoms with van der Waals surface area (Å²) < 4.78 is 2.08. The zero-order chi connectivity index (χ0) is 12.1. The summed E-state index contributed by atoms with van der Waals surface area (Å²) in [5, 5.41) is 18.1. The van der Waals surface area contributed by atoms with E-state index in [1.54, 1.807) is 18.7 Å². The predicted octanol–water partition coefficient (Wildman–Crippen LogP) is -0.296. The Morgan fingerprint density at radius 3 is 2.94 bits per heavy atom. The monoisotopic (exact) mass is 245 g/mol. The minimum atomic E-state index is -0.186. The topological polar surface area (TPSA) is 86.2 Å². The number of carbonyl (C=O) groups excluding carboxylic acids is 1. The number of H-pyrrole nitrogens is 1. The highest BCUT2D eigenvalue weighted by molar-refractivity contribution is 7.71. The molecule has 1 rings (SSSR count). The van der Waals surface area contributed by atoms with Gasteiger partial charge in [0.05, 0.1) is 0 Å². The van der Waals surface area contributed by atoms with Crippen molar-refractivity contribution in [2.75, 3.05) is 20.6 Å². The van der Waals surface area contributed by atoms with Gasteiger partial charge >= 0.3 is 6.03 Å². The average molecular weight is 245 g/mol. The minimum Gasteiger partial charge on any atom is -0.388 e. The maximum absolute atomic E-state index is 11.2. The number of nitrogens with zero attached hydrogens (tertiary/aromatic N) is 3. The van der Waals surface area contributed by atoms with Crippen LogP contribution in [0.25, 0.3) is 0 Å². The Balaban J connectivity index is 2.52. The van der Waals surface area contributed by atoms with Crippen molar-refractivity contribution in [1.82, 2.24) is 25.0 Å². The summed E-state index contributed by atoms with van der Waals surface area (Å²) in [5.41, 5.74) is 0. The first-order valence-electron chi connectivity index (χ1n) is 4.76. The molecular formula is C8H15N5O2S. The number of aliphatic hydroxyl groups excluding tert-OH is 1. The maximum Gasteiger partial charge on any atom is 0.316 e. The molecule has 0 aliphatic rings. The van der Waals surface area contributed by atoms with Gasteiger partial charge in [0.25, 0.3) is 0 Å². The van der Waals surface area contributed by atoms with Crippen LogP contribution in [0.2, 0.25) is 0 Å². The molecule has 0 aromatic carbocycles. The number of nitrogens with one attached hydrogen (secondary N) is 2. The molecule has 8 heteroatoms. The maximum atomic E-state index is 11.2. The molecule has 0 unspecified atom stereocenters. The molecule has 0 aliphatic heterocycles. The third-order valence-electron chi connectivity index (χ3n) is 2.00. The molecule has 0 saturated heterocycles. The molecule has 0 aliphatic carbocycles. The molecule has 1 aromatic heterocycles. The highest BCUT2D eigenvalue weighted by atomic mass is 32.1. The van der Waals surface area contributed by atoms with E-state index in [4.69, 9.17) is 17.3 Å². The molecule has 16 heavy (non-hydrogen) atoms. The van der Waals surface area contributed by atoms with Crippen molar-refractivity contribution < 1.29 is 9.90 Å². The van der Waals surface area contributed by atoms with Crippen molar-refractivity contribution in [3.8, 4) is 0 Å². The quantitative estimate of drug-likeness (QED) is 0.636. The normalized spacial score (nSPS) is 10.2. The van der Waals surface area contributed by atoms with Gasteiger partial charge in [-0.1, -0.05) is 0 Å². The van der Waals surface area contributed by atoms with E-state index in [1.807, 2.05) is 0 Å². The van der Waals surface area contributed by atoms with Crippen LogP contribution in [0.4, 0.5) is 4.79 Å². The second-order valence-electron chi connectivity index (χ2n) is 3.38. The molecule has 0 radical (unpaired) electrons. The van der Waals surface area contributed by atoms with E-state index in [0.717, 1.165) is 0 Å². The van der Waals surface area contributed by atoms with Crippen molar-refractivity contribution in [3.05, 3.63) is 10.6 Å². The Morgan fingerprint density at radius 2 is 2.38 bits per heavy atom. The van der Waals surface area contributed by atoms with Gasteiger partial charge < -0.3 is 19.9 Å². The van der Waals surface area contributed by atoms with Gasteiger partial charge in [-0.05, 0) is 12.2 Å². The zero-order valence-electron chi connectivity index (χ0n) is 9.23. The summed E-state index contributed by atoms with van der Waals surface area (Å²) in [6, 6.07) is -0.166. The van der Waals surface area contributed by atoms with Gasteiger partial charge in [-0.25, -0.2) is 4.79 Å². The fourth-order valence-electron chi connectivity index (χ4n) is 1.13. The molecule has 2 amide bonds. The van der Waals surface area contributed by atoms with Crippen molar-refractivity contribution in [2.24, 2.45) is 0 Å². The molecule has 0 spiro atoms. The van der Waals surface area contributed by atoms with Gasteiger partial charge in [0.2, 0.25) is 0 Å². The van der Waals surface area contributed by atoms with Crippen molar-refractivity contribution in [3.63, 3.8) is 0 Å². The molecular weight excluding hydrogens is 230 g/mol. The van der Waals surface area contributed by atoms with Crippen LogP contribution in [0, 0.1) is 4.77 Å². The van der Waals surface area contributed by atoms with Crippen LogP contribution < -0.4 is 5.32 Å². The summed E-state index contributed by atoms with van der Waals surface area (Å²) in [5.74, 6) is 0.462. The number of aromatic amines is 1. The van der Waals surface area contributed by atoms with E-state index in [0.29, 0.717) is 23.7 Å². The highest BCUT2D eigenvalue weighted by Crippen LogP contribution is 1.96. The van der Waals surface area contributed by atoms with E-state index in [1.165, 1.54) is 4.90 Å². The molecule has 0 atom stereocenters. The van der Waals surface area contributed by atoms with E-state index in [9.17, 15) is 4.79 Å². The molecule has 1 aromatic rings. The van der Waals surface area contributed by atoms with E-state index >= 15 is 0 Å². The van der Waals surface area contributed by atoms with Gasteiger partial charge in [-0.15, -0.1) is 0 Å². The largest absolute Gasteiger partial charge is 0.388 e. The zero-order valence-corrected chi connectivity index (χ0v) is 10.0. The molecule has 7 nitrogen and oxygen atoms in total. The van der Waals surface area contributed by atoms with Crippen LogP contribution in [0.15, 0.2) is 0 Å². The summed E-state index contributed by atoms with van der Waals surface area (Å²) in [6.45, 7) is 0.720. The Hall–Kier alpha value is -1.41. The average Bonchev–Trinajstić information content (AvgIpc) is 2.59. The van der Waals surface area contributed by atoms with Crippen LogP contribution in [0.1, 0.15) is 5.82 Å². The number of aliphatic hydroxyl groups is 1. The van der Waals surface area contributed by atoms with Crippen LogP contribution in [0.5, 0.6) is 0 Å². The second kappa shape index (κ2) is 5.61. The van der Waals surface area contributed by atoms with Gasteiger partial charge in [0.15, 0.2) is 10.6 Å². The standard InChI is InChI=1S/C8H15N5O2S/c1-12(2)7(15)9-3-4-13-6(5-14)10-11-8(13)16/h14H,3-5H2,1-2H3,(H,9,15)(H,11,16). The van der Waals surface area contributed by atoms with Crippen LogP contribution >= 0.6 is 12.2 Å². The van der Waals surface area contributed by atoms with E-state index in [-0.39, 0.29) is 12.6 Å². The third kappa shape index (κ3) is 3.04. The first-order chi connectivity index (χ1) is 7.56. The van der Waals surface area contributed by atoms with Gasteiger partial charge in [0, 0.05) is 27.2 Å². The fourth-order valence-corrected chi connectivity index (χ4v) is 1.38. The fraction of sp³-hybridized carbons (Fsp3) is 0.625. The Kier molecular flexibility index (Phi) is 4.44. The lowest BCUT2D eigenvalue weighted by molar-refractivity contribution is 0.216. The summed E-state index contributed by atoms with van der Waals surface area (Å²) in [7, 11) is 3.33. The predicted molar refractivity (Wildman–Crippen MR) is 60.4 cm³/mol. The molecule has 1 heterocycles. The number of amides is 2. The van der Waals surface area contributed by atoms with Gasteiger partial charge in [0.1, 0.15) is 6.61 Å². The highest BCUT2D eigenvalue weighted by Gasteiger charge is 2.06. The number of rotatable bonds is 4. The number of urea groups is 1. The third-order valence-corrected chi connectivity index (χ3v) is 2.31. The van der Waals surface area contributed by atoms with Crippen molar-refractivity contribution in [2.45, 2.75) is 13.2 Å². The molecule has 0 fully saturated rings. The minimum absolute atomic E-state index is 0.166. The van der Waals surface area contributed by atoms with E-state index in [2.05, 4.69) is 15.5 Å². The smallest absolute Gasteiger partial charge is 0.316 e. The first kappa shape index (κ1) is 12.7.